The number of thioether (sulfide) groups is 1. The Hall–Kier alpha value is -2.34. The fourth-order valence-electron chi connectivity index (χ4n) is 2.32. The molecule has 0 fully saturated rings. The highest BCUT2D eigenvalue weighted by molar-refractivity contribution is 8.00. The number of hydrogen-bond donors (Lipinski definition) is 2. The molecule has 0 saturated heterocycles. The van der Waals surface area contributed by atoms with Crippen molar-refractivity contribution >= 4 is 29.3 Å². The van der Waals surface area contributed by atoms with Gasteiger partial charge in [-0.3, -0.25) is 14.6 Å². The molecule has 1 unspecified atom stereocenters. The number of aryl methyl sites for hydroxylation is 1. The lowest BCUT2D eigenvalue weighted by molar-refractivity contribution is -0.115. The molecule has 1 aliphatic rings. The summed E-state index contributed by atoms with van der Waals surface area (Å²) in [5.74, 6) is -0.224. The van der Waals surface area contributed by atoms with Gasteiger partial charge in [0.05, 0.1) is 23.2 Å². The van der Waals surface area contributed by atoms with Crippen LogP contribution in [0.4, 0.5) is 5.69 Å². The normalized spacial score (nSPS) is 16.4. The summed E-state index contributed by atoms with van der Waals surface area (Å²) >= 11 is 1.50. The van der Waals surface area contributed by atoms with Crippen molar-refractivity contribution in [3.63, 3.8) is 0 Å². The van der Waals surface area contributed by atoms with Gasteiger partial charge >= 0.3 is 0 Å². The van der Waals surface area contributed by atoms with E-state index in [0.717, 1.165) is 16.3 Å². The van der Waals surface area contributed by atoms with Crippen molar-refractivity contribution in [1.82, 2.24) is 10.3 Å². The summed E-state index contributed by atoms with van der Waals surface area (Å²) in [7, 11) is 0. The number of anilines is 1. The fourth-order valence-corrected chi connectivity index (χ4v) is 3.25. The quantitative estimate of drug-likeness (QED) is 0.909. The van der Waals surface area contributed by atoms with E-state index in [1.54, 1.807) is 12.1 Å². The minimum absolute atomic E-state index is 0.0379. The molecular weight excluding hydrogens is 310 g/mol. The second-order valence-corrected chi connectivity index (χ2v) is 6.80. The van der Waals surface area contributed by atoms with E-state index in [0.29, 0.717) is 17.8 Å². The second kappa shape index (κ2) is 6.42. The lowest BCUT2D eigenvalue weighted by atomic mass is 10.1. The average Bonchev–Trinajstić information content (AvgIpc) is 2.53. The number of benzene rings is 1. The van der Waals surface area contributed by atoms with Crippen molar-refractivity contribution in [3.05, 3.63) is 53.3 Å². The van der Waals surface area contributed by atoms with Crippen molar-refractivity contribution < 1.29 is 9.59 Å². The molecule has 1 aromatic heterocycles. The Kier molecular flexibility index (Phi) is 4.34. The molecule has 6 heteroatoms. The Morgan fingerprint density at radius 1 is 1.35 bits per heavy atom. The minimum atomic E-state index is -0.186. The summed E-state index contributed by atoms with van der Waals surface area (Å²) in [6.45, 7) is 4.14. The largest absolute Gasteiger partial charge is 0.346 e. The topological polar surface area (TPSA) is 71.1 Å². The number of hydrogen-bond acceptors (Lipinski definition) is 4. The summed E-state index contributed by atoms with van der Waals surface area (Å²) in [4.78, 5) is 29.3. The third-order valence-corrected chi connectivity index (χ3v) is 4.73. The zero-order chi connectivity index (χ0) is 16.4. The van der Waals surface area contributed by atoms with Gasteiger partial charge in [0.2, 0.25) is 5.91 Å². The Morgan fingerprint density at radius 2 is 2.17 bits per heavy atom. The summed E-state index contributed by atoms with van der Waals surface area (Å²) in [5, 5.41) is 5.57. The monoisotopic (exact) mass is 327 g/mol. The lowest BCUT2D eigenvalue weighted by Crippen LogP contribution is -2.27. The SMILES string of the molecule is Cc1cccc(CNC(=O)c2ccc3c(c2)NC(=O)C(C)S3)n1. The first kappa shape index (κ1) is 15.6. The highest BCUT2D eigenvalue weighted by atomic mass is 32.2. The van der Waals surface area contributed by atoms with Crippen LogP contribution in [0.5, 0.6) is 0 Å². The van der Waals surface area contributed by atoms with E-state index >= 15 is 0 Å². The van der Waals surface area contributed by atoms with Crippen LogP contribution in [-0.4, -0.2) is 22.0 Å². The Morgan fingerprint density at radius 3 is 2.96 bits per heavy atom. The maximum absolute atomic E-state index is 12.3. The highest BCUT2D eigenvalue weighted by Crippen LogP contribution is 2.35. The number of carbonyl (C=O) groups excluding carboxylic acids is 2. The predicted octanol–water partition coefficient (Wildman–Crippen LogP) is 2.75. The number of fused-ring (bicyclic) bond motifs is 1. The zero-order valence-electron chi connectivity index (χ0n) is 12.9. The van der Waals surface area contributed by atoms with E-state index in [1.165, 1.54) is 11.8 Å². The molecule has 0 aliphatic carbocycles. The first-order valence-electron chi connectivity index (χ1n) is 7.35. The molecule has 118 valence electrons. The molecule has 1 aromatic carbocycles. The van der Waals surface area contributed by atoms with Crippen LogP contribution in [0.3, 0.4) is 0 Å². The molecule has 0 saturated carbocycles. The molecule has 5 nitrogen and oxygen atoms in total. The number of rotatable bonds is 3. The van der Waals surface area contributed by atoms with Gasteiger partial charge in [-0.2, -0.15) is 0 Å². The first-order valence-corrected chi connectivity index (χ1v) is 8.23. The molecule has 3 rings (SSSR count). The number of nitrogens with zero attached hydrogens (tertiary/aromatic N) is 1. The van der Waals surface area contributed by atoms with Gasteiger partial charge in [-0.05, 0) is 44.2 Å². The van der Waals surface area contributed by atoms with Gasteiger partial charge in [0.25, 0.3) is 5.91 Å². The summed E-state index contributed by atoms with van der Waals surface area (Å²) in [6, 6.07) is 11.1. The fraction of sp³-hybridized carbons (Fsp3) is 0.235. The van der Waals surface area contributed by atoms with E-state index in [1.807, 2.05) is 38.1 Å². The van der Waals surface area contributed by atoms with Crippen molar-refractivity contribution in [2.45, 2.75) is 30.5 Å². The molecule has 2 aromatic rings. The maximum Gasteiger partial charge on any atom is 0.251 e. The van der Waals surface area contributed by atoms with E-state index < -0.39 is 0 Å². The molecule has 1 aliphatic heterocycles. The zero-order valence-corrected chi connectivity index (χ0v) is 13.7. The lowest BCUT2D eigenvalue weighted by Gasteiger charge is -2.21. The third kappa shape index (κ3) is 3.53. The van der Waals surface area contributed by atoms with Crippen LogP contribution in [0, 0.1) is 6.92 Å². The Bertz CT molecular complexity index is 776. The van der Waals surface area contributed by atoms with Crippen LogP contribution in [0.1, 0.15) is 28.7 Å². The van der Waals surface area contributed by atoms with Crippen LogP contribution in [-0.2, 0) is 11.3 Å². The van der Waals surface area contributed by atoms with Gasteiger partial charge in [0.15, 0.2) is 0 Å². The van der Waals surface area contributed by atoms with Gasteiger partial charge in [-0.1, -0.05) is 6.07 Å². The van der Waals surface area contributed by atoms with Crippen LogP contribution in [0.15, 0.2) is 41.3 Å². The van der Waals surface area contributed by atoms with Gasteiger partial charge in [-0.25, -0.2) is 0 Å². The number of aromatic nitrogens is 1. The van der Waals surface area contributed by atoms with Crippen molar-refractivity contribution in [2.24, 2.45) is 0 Å². The standard InChI is InChI=1S/C17H17N3O2S/c1-10-4-3-5-13(19-10)9-18-17(22)12-6-7-15-14(8-12)20-16(21)11(2)23-15/h3-8,11H,9H2,1-2H3,(H,18,22)(H,20,21). The molecule has 2 heterocycles. The molecule has 0 spiro atoms. The predicted molar refractivity (Wildman–Crippen MR) is 90.5 cm³/mol. The molecule has 2 N–H and O–H groups in total. The number of carbonyl (C=O) groups is 2. The maximum atomic E-state index is 12.3. The highest BCUT2D eigenvalue weighted by Gasteiger charge is 2.23. The van der Waals surface area contributed by atoms with Crippen LogP contribution < -0.4 is 10.6 Å². The molecule has 0 bridgehead atoms. The van der Waals surface area contributed by atoms with Crippen LogP contribution in [0.2, 0.25) is 0 Å². The van der Waals surface area contributed by atoms with Crippen molar-refractivity contribution in [1.29, 1.82) is 0 Å². The number of nitrogens with one attached hydrogen (secondary N) is 2. The van der Waals surface area contributed by atoms with Gasteiger partial charge < -0.3 is 10.6 Å². The molecule has 2 amide bonds. The second-order valence-electron chi connectivity index (χ2n) is 5.41. The average molecular weight is 327 g/mol. The Balaban J connectivity index is 1.71. The molecule has 23 heavy (non-hydrogen) atoms. The van der Waals surface area contributed by atoms with E-state index in [-0.39, 0.29) is 17.1 Å². The van der Waals surface area contributed by atoms with Crippen molar-refractivity contribution in [3.8, 4) is 0 Å². The third-order valence-electron chi connectivity index (χ3n) is 3.55. The molecule has 1 atom stereocenters. The van der Waals surface area contributed by atoms with E-state index in [4.69, 9.17) is 0 Å². The number of amides is 2. The summed E-state index contributed by atoms with van der Waals surface area (Å²) in [5.41, 5.74) is 2.94. The summed E-state index contributed by atoms with van der Waals surface area (Å²) in [6.07, 6.45) is 0. The first-order chi connectivity index (χ1) is 11.0. The number of pyridine rings is 1. The van der Waals surface area contributed by atoms with Gasteiger partial charge in [0, 0.05) is 16.2 Å². The van der Waals surface area contributed by atoms with E-state index in [9.17, 15) is 9.59 Å². The van der Waals surface area contributed by atoms with Crippen LogP contribution in [0.25, 0.3) is 0 Å². The van der Waals surface area contributed by atoms with Gasteiger partial charge in [0.1, 0.15) is 0 Å². The van der Waals surface area contributed by atoms with Crippen LogP contribution >= 0.6 is 11.8 Å². The smallest absolute Gasteiger partial charge is 0.251 e. The van der Waals surface area contributed by atoms with E-state index in [2.05, 4.69) is 15.6 Å². The molecule has 0 radical (unpaired) electrons. The Labute approximate surface area is 138 Å². The van der Waals surface area contributed by atoms with Crippen molar-refractivity contribution in [2.75, 3.05) is 5.32 Å². The summed E-state index contributed by atoms with van der Waals surface area (Å²) < 4.78 is 0. The molecular formula is C17H17N3O2S. The van der Waals surface area contributed by atoms with Gasteiger partial charge in [-0.15, -0.1) is 11.8 Å². The minimum Gasteiger partial charge on any atom is -0.346 e.